The lowest BCUT2D eigenvalue weighted by Gasteiger charge is -2.17. The fourth-order valence-corrected chi connectivity index (χ4v) is 4.03. The van der Waals surface area contributed by atoms with Gasteiger partial charge in [-0.2, -0.15) is 0 Å². The first-order chi connectivity index (χ1) is 10.6. The number of likely N-dealkylation sites (tertiary alicyclic amines) is 1. The van der Waals surface area contributed by atoms with Crippen LogP contribution in [0.15, 0.2) is 36.4 Å². The van der Waals surface area contributed by atoms with Gasteiger partial charge in [0.05, 0.1) is 23.3 Å². The highest BCUT2D eigenvalue weighted by atomic mass is 16.6. The summed E-state index contributed by atoms with van der Waals surface area (Å²) in [5.74, 6) is -0.168. The number of carbonyl (C=O) groups is 2. The number of nitro benzene ring substituents is 1. The third-order valence-corrected chi connectivity index (χ3v) is 5.05. The number of imide groups is 1. The van der Waals surface area contributed by atoms with E-state index >= 15 is 0 Å². The van der Waals surface area contributed by atoms with Crippen LogP contribution in [0.2, 0.25) is 0 Å². The van der Waals surface area contributed by atoms with Crippen molar-refractivity contribution in [3.8, 4) is 0 Å². The summed E-state index contributed by atoms with van der Waals surface area (Å²) in [5, 5.41) is 10.7. The SMILES string of the molecule is O=C1[C@@H]2[C@H](C(=O)N1Cc1ccc([N+](=O)[O-])cc1)[C@@H]1C=C[C@H]2C1. The Bertz CT molecular complexity index is 679. The smallest absolute Gasteiger partial charge is 0.269 e. The van der Waals surface area contributed by atoms with Crippen molar-refractivity contribution in [3.63, 3.8) is 0 Å². The van der Waals surface area contributed by atoms with Gasteiger partial charge >= 0.3 is 0 Å². The molecule has 1 saturated carbocycles. The second-order valence-electron chi connectivity index (χ2n) is 6.19. The van der Waals surface area contributed by atoms with Gasteiger partial charge in [0.15, 0.2) is 0 Å². The van der Waals surface area contributed by atoms with Crippen LogP contribution in [-0.4, -0.2) is 21.6 Å². The lowest BCUT2D eigenvalue weighted by atomic mass is 9.85. The lowest BCUT2D eigenvalue weighted by Crippen LogP contribution is -2.32. The molecule has 2 bridgehead atoms. The normalized spacial score (nSPS) is 31.9. The molecule has 3 aliphatic rings. The van der Waals surface area contributed by atoms with Gasteiger partial charge in [-0.15, -0.1) is 0 Å². The number of non-ortho nitro benzene ring substituents is 1. The molecular weight excluding hydrogens is 284 g/mol. The Kier molecular flexibility index (Phi) is 2.69. The van der Waals surface area contributed by atoms with Crippen molar-refractivity contribution in [3.05, 3.63) is 52.1 Å². The first-order valence-corrected chi connectivity index (χ1v) is 7.33. The second-order valence-corrected chi connectivity index (χ2v) is 6.19. The van der Waals surface area contributed by atoms with Gasteiger partial charge in [-0.3, -0.25) is 24.6 Å². The fraction of sp³-hybridized carbons (Fsp3) is 0.375. The number of benzene rings is 1. The molecule has 1 aromatic rings. The first-order valence-electron chi connectivity index (χ1n) is 7.33. The summed E-state index contributed by atoms with van der Waals surface area (Å²) < 4.78 is 0. The number of rotatable bonds is 3. The molecule has 0 radical (unpaired) electrons. The molecule has 6 heteroatoms. The predicted octanol–water partition coefficient (Wildman–Crippen LogP) is 1.90. The van der Waals surface area contributed by atoms with Crippen LogP contribution >= 0.6 is 0 Å². The van der Waals surface area contributed by atoms with E-state index in [2.05, 4.69) is 12.2 Å². The van der Waals surface area contributed by atoms with E-state index < -0.39 is 4.92 Å². The maximum atomic E-state index is 12.5. The standard InChI is InChI=1S/C16H14N2O4/c19-15-13-10-3-4-11(7-10)14(13)16(20)17(15)8-9-1-5-12(6-2-9)18(21)22/h1-6,10-11,13-14H,7-8H2/t10-,11+,13-,14+. The second kappa shape index (κ2) is 4.50. The molecule has 0 unspecified atom stereocenters. The monoisotopic (exact) mass is 298 g/mol. The van der Waals surface area contributed by atoms with Gasteiger partial charge in [-0.05, 0) is 23.8 Å². The highest BCUT2D eigenvalue weighted by Gasteiger charge is 2.59. The topological polar surface area (TPSA) is 80.5 Å². The van der Waals surface area contributed by atoms with Gasteiger partial charge in [-0.25, -0.2) is 0 Å². The molecule has 4 rings (SSSR count). The number of fused-ring (bicyclic) bond motifs is 5. The average Bonchev–Trinajstić information content (AvgIpc) is 3.17. The minimum absolute atomic E-state index is 0.00180. The highest BCUT2D eigenvalue weighted by Crippen LogP contribution is 2.52. The van der Waals surface area contributed by atoms with Gasteiger partial charge in [-0.1, -0.05) is 24.3 Å². The van der Waals surface area contributed by atoms with Crippen molar-refractivity contribution in [2.45, 2.75) is 13.0 Å². The first kappa shape index (κ1) is 13.2. The van der Waals surface area contributed by atoms with E-state index in [0.717, 1.165) is 12.0 Å². The van der Waals surface area contributed by atoms with E-state index in [4.69, 9.17) is 0 Å². The number of amides is 2. The van der Waals surface area contributed by atoms with Crippen molar-refractivity contribution >= 4 is 17.5 Å². The van der Waals surface area contributed by atoms with Crippen LogP contribution in [0.4, 0.5) is 5.69 Å². The highest BCUT2D eigenvalue weighted by molar-refractivity contribution is 6.06. The van der Waals surface area contributed by atoms with Crippen LogP contribution in [0.5, 0.6) is 0 Å². The quantitative estimate of drug-likeness (QED) is 0.369. The molecule has 1 saturated heterocycles. The molecule has 0 aromatic heterocycles. The van der Waals surface area contributed by atoms with Crippen LogP contribution < -0.4 is 0 Å². The Hall–Kier alpha value is -2.50. The largest absolute Gasteiger partial charge is 0.278 e. The van der Waals surface area contributed by atoms with Crippen molar-refractivity contribution < 1.29 is 14.5 Å². The summed E-state index contributed by atoms with van der Waals surface area (Å²) in [6.07, 6.45) is 5.04. The number of hydrogen-bond donors (Lipinski definition) is 0. The summed E-state index contributed by atoms with van der Waals surface area (Å²) >= 11 is 0. The maximum Gasteiger partial charge on any atom is 0.269 e. The summed E-state index contributed by atoms with van der Waals surface area (Å²) in [7, 11) is 0. The maximum absolute atomic E-state index is 12.5. The zero-order chi connectivity index (χ0) is 15.4. The Labute approximate surface area is 126 Å². The zero-order valence-corrected chi connectivity index (χ0v) is 11.7. The Balaban J connectivity index is 1.56. The zero-order valence-electron chi connectivity index (χ0n) is 11.7. The molecule has 4 atom stereocenters. The van der Waals surface area contributed by atoms with Gasteiger partial charge in [0.1, 0.15) is 0 Å². The van der Waals surface area contributed by atoms with Crippen LogP contribution in [-0.2, 0) is 16.1 Å². The number of nitro groups is 1. The van der Waals surface area contributed by atoms with E-state index in [9.17, 15) is 19.7 Å². The van der Waals surface area contributed by atoms with Crippen molar-refractivity contribution in [2.24, 2.45) is 23.7 Å². The van der Waals surface area contributed by atoms with Crippen LogP contribution in [0.1, 0.15) is 12.0 Å². The van der Waals surface area contributed by atoms with Crippen LogP contribution in [0.25, 0.3) is 0 Å². The molecule has 112 valence electrons. The van der Waals surface area contributed by atoms with Crippen molar-refractivity contribution in [1.82, 2.24) is 4.90 Å². The Morgan fingerprint density at radius 3 is 2.09 bits per heavy atom. The van der Waals surface area contributed by atoms with E-state index in [-0.39, 0.29) is 47.7 Å². The fourth-order valence-electron chi connectivity index (χ4n) is 4.03. The molecule has 2 amide bonds. The minimum atomic E-state index is -0.469. The Morgan fingerprint density at radius 2 is 1.59 bits per heavy atom. The van der Waals surface area contributed by atoms with Crippen LogP contribution in [0, 0.1) is 33.8 Å². The number of hydrogen-bond acceptors (Lipinski definition) is 4. The molecule has 2 fully saturated rings. The van der Waals surface area contributed by atoms with E-state index in [1.165, 1.54) is 17.0 Å². The third-order valence-electron chi connectivity index (χ3n) is 5.05. The average molecular weight is 298 g/mol. The molecule has 2 aliphatic carbocycles. The molecule has 1 heterocycles. The summed E-state index contributed by atoms with van der Waals surface area (Å²) in [5.41, 5.74) is 0.731. The van der Waals surface area contributed by atoms with Crippen molar-refractivity contribution in [1.29, 1.82) is 0 Å². The molecule has 22 heavy (non-hydrogen) atoms. The summed E-state index contributed by atoms with van der Waals surface area (Å²) in [6.45, 7) is 0.197. The molecule has 6 nitrogen and oxygen atoms in total. The number of allylic oxidation sites excluding steroid dienone is 2. The predicted molar refractivity (Wildman–Crippen MR) is 76.4 cm³/mol. The molecule has 1 aliphatic heterocycles. The van der Waals surface area contributed by atoms with Gasteiger partial charge in [0, 0.05) is 12.1 Å². The van der Waals surface area contributed by atoms with Gasteiger partial charge in [0.25, 0.3) is 5.69 Å². The van der Waals surface area contributed by atoms with E-state index in [1.807, 2.05) is 0 Å². The Morgan fingerprint density at radius 1 is 1.05 bits per heavy atom. The number of carbonyl (C=O) groups excluding carboxylic acids is 2. The van der Waals surface area contributed by atoms with Crippen molar-refractivity contribution in [2.75, 3.05) is 0 Å². The number of nitrogens with zero attached hydrogens (tertiary/aromatic N) is 2. The summed E-state index contributed by atoms with van der Waals surface area (Å²) in [4.78, 5) is 36.6. The molecule has 0 N–H and O–H groups in total. The van der Waals surface area contributed by atoms with E-state index in [1.54, 1.807) is 12.1 Å². The van der Waals surface area contributed by atoms with Gasteiger partial charge < -0.3 is 0 Å². The molecule has 1 aromatic carbocycles. The van der Waals surface area contributed by atoms with E-state index in [0.29, 0.717) is 0 Å². The summed E-state index contributed by atoms with van der Waals surface area (Å²) in [6, 6.07) is 5.98. The van der Waals surface area contributed by atoms with Crippen LogP contribution in [0.3, 0.4) is 0 Å². The minimum Gasteiger partial charge on any atom is -0.278 e. The van der Waals surface area contributed by atoms with Gasteiger partial charge in [0.2, 0.25) is 11.8 Å². The molecule has 0 spiro atoms. The lowest BCUT2D eigenvalue weighted by molar-refractivity contribution is -0.384. The molecular formula is C16H14N2O4. The third kappa shape index (κ3) is 1.73.